The van der Waals surface area contributed by atoms with Gasteiger partial charge in [0.1, 0.15) is 5.75 Å². The van der Waals surface area contributed by atoms with E-state index in [1.165, 1.54) is 29.5 Å². The first-order chi connectivity index (χ1) is 12.5. The van der Waals surface area contributed by atoms with Crippen molar-refractivity contribution in [2.24, 2.45) is 0 Å². The Morgan fingerprint density at radius 2 is 1.77 bits per heavy atom. The number of ether oxygens (including phenoxy) is 1. The van der Waals surface area contributed by atoms with Gasteiger partial charge in [-0.2, -0.15) is 0 Å². The summed E-state index contributed by atoms with van der Waals surface area (Å²) in [6.07, 6.45) is 4.61. The lowest BCUT2D eigenvalue weighted by atomic mass is 9.88. The summed E-state index contributed by atoms with van der Waals surface area (Å²) in [7, 11) is 0. The fourth-order valence-corrected chi connectivity index (χ4v) is 4.05. The summed E-state index contributed by atoms with van der Waals surface area (Å²) in [5.41, 5.74) is 4.68. The van der Waals surface area contributed by atoms with Crippen molar-refractivity contribution in [3.05, 3.63) is 59.2 Å². The molecule has 3 rings (SSSR count). The third-order valence-electron chi connectivity index (χ3n) is 5.17. The second-order valence-corrected chi connectivity index (χ2v) is 7.55. The molecule has 1 aliphatic carbocycles. The average molecular weight is 369 g/mol. The number of thiocarbonyl (C=S) groups is 1. The summed E-state index contributed by atoms with van der Waals surface area (Å²) >= 11 is 5.67. The van der Waals surface area contributed by atoms with Crippen LogP contribution in [0.5, 0.6) is 5.75 Å². The van der Waals surface area contributed by atoms with Gasteiger partial charge < -0.3 is 15.4 Å². The first-order valence-corrected chi connectivity index (χ1v) is 9.83. The molecule has 0 heterocycles. The van der Waals surface area contributed by atoms with Gasteiger partial charge >= 0.3 is 0 Å². The molecule has 0 atom stereocenters. The van der Waals surface area contributed by atoms with Gasteiger partial charge in [-0.25, -0.2) is 0 Å². The molecule has 138 valence electrons. The van der Waals surface area contributed by atoms with Crippen LogP contribution in [0.4, 0.5) is 5.69 Å². The Kier molecular flexibility index (Phi) is 5.82. The normalized spacial score (nSPS) is 15.5. The minimum atomic E-state index is -0.0907. The molecule has 1 aliphatic rings. The van der Waals surface area contributed by atoms with Crippen LogP contribution in [-0.2, 0) is 5.54 Å². The molecule has 0 aromatic heterocycles. The number of hydrogen-bond acceptors (Lipinski definition) is 2. The molecular weight excluding hydrogens is 340 g/mol. The average Bonchev–Trinajstić information content (AvgIpc) is 3.08. The van der Waals surface area contributed by atoms with Gasteiger partial charge in [0.05, 0.1) is 12.1 Å². The van der Waals surface area contributed by atoms with Crippen LogP contribution in [0.25, 0.3) is 0 Å². The SMILES string of the molecule is CCOc1ccc(C2(NC(=S)Nc3cc(C)ccc3C)CCCC2)cc1. The standard InChI is InChI=1S/C22H28N2OS/c1-4-25-19-11-9-18(10-12-19)22(13-5-6-14-22)24-21(26)23-20-15-16(2)7-8-17(20)3/h7-12,15H,4-6,13-14H2,1-3H3,(H2,23,24,26). The third-order valence-corrected chi connectivity index (χ3v) is 5.37. The predicted octanol–water partition coefficient (Wildman–Crippen LogP) is 5.46. The molecule has 3 nitrogen and oxygen atoms in total. The Labute approximate surface area is 162 Å². The van der Waals surface area contributed by atoms with Crippen molar-refractivity contribution in [3.8, 4) is 5.75 Å². The zero-order chi connectivity index (χ0) is 18.6. The Balaban J connectivity index is 1.77. The molecule has 0 saturated heterocycles. The van der Waals surface area contributed by atoms with Gasteiger partial charge in [0.15, 0.2) is 5.11 Å². The Morgan fingerprint density at radius 3 is 2.42 bits per heavy atom. The van der Waals surface area contributed by atoms with Gasteiger partial charge in [0.25, 0.3) is 0 Å². The zero-order valence-electron chi connectivity index (χ0n) is 15.9. The van der Waals surface area contributed by atoms with Gasteiger partial charge in [-0.1, -0.05) is 37.1 Å². The van der Waals surface area contributed by atoms with Crippen molar-refractivity contribution in [3.63, 3.8) is 0 Å². The lowest BCUT2D eigenvalue weighted by Gasteiger charge is -2.33. The summed E-state index contributed by atoms with van der Waals surface area (Å²) in [4.78, 5) is 0. The number of anilines is 1. The highest BCUT2D eigenvalue weighted by Gasteiger charge is 2.36. The van der Waals surface area contributed by atoms with E-state index in [-0.39, 0.29) is 5.54 Å². The highest BCUT2D eigenvalue weighted by Crippen LogP contribution is 2.39. The second kappa shape index (κ2) is 8.09. The minimum absolute atomic E-state index is 0.0907. The van der Waals surface area contributed by atoms with Gasteiger partial charge in [0.2, 0.25) is 0 Å². The fraction of sp³-hybridized carbons (Fsp3) is 0.409. The van der Waals surface area contributed by atoms with Crippen LogP contribution in [0.3, 0.4) is 0 Å². The molecular formula is C22H28N2OS. The topological polar surface area (TPSA) is 33.3 Å². The van der Waals surface area contributed by atoms with Crippen LogP contribution in [0, 0.1) is 13.8 Å². The number of benzene rings is 2. The molecule has 0 spiro atoms. The second-order valence-electron chi connectivity index (χ2n) is 7.14. The Hall–Kier alpha value is -2.07. The quantitative estimate of drug-likeness (QED) is 0.687. The van der Waals surface area contributed by atoms with Crippen LogP contribution in [0.2, 0.25) is 0 Å². The van der Waals surface area contributed by atoms with E-state index in [1.54, 1.807) is 0 Å². The van der Waals surface area contributed by atoms with Gasteiger partial charge in [-0.05, 0) is 80.7 Å². The van der Waals surface area contributed by atoms with Crippen molar-refractivity contribution in [1.29, 1.82) is 0 Å². The van der Waals surface area contributed by atoms with Gasteiger partial charge in [0, 0.05) is 5.69 Å². The van der Waals surface area contributed by atoms with E-state index in [0.717, 1.165) is 24.3 Å². The van der Waals surface area contributed by atoms with Crippen molar-refractivity contribution in [2.45, 2.75) is 52.0 Å². The third kappa shape index (κ3) is 4.18. The van der Waals surface area contributed by atoms with Gasteiger partial charge in [-0.3, -0.25) is 0 Å². The summed E-state index contributed by atoms with van der Waals surface area (Å²) in [5, 5.41) is 7.72. The van der Waals surface area contributed by atoms with E-state index in [2.05, 4.69) is 66.9 Å². The summed E-state index contributed by atoms with van der Waals surface area (Å²) in [6.45, 7) is 6.89. The smallest absolute Gasteiger partial charge is 0.171 e. The molecule has 0 unspecified atom stereocenters. The number of nitrogens with one attached hydrogen (secondary N) is 2. The maximum absolute atomic E-state index is 5.67. The van der Waals surface area contributed by atoms with Crippen molar-refractivity contribution >= 4 is 23.0 Å². The van der Waals surface area contributed by atoms with E-state index in [1.807, 2.05) is 6.92 Å². The van der Waals surface area contributed by atoms with E-state index in [4.69, 9.17) is 17.0 Å². The molecule has 0 radical (unpaired) electrons. The molecule has 2 aromatic carbocycles. The van der Waals surface area contributed by atoms with Crippen LogP contribution >= 0.6 is 12.2 Å². The monoisotopic (exact) mass is 368 g/mol. The highest BCUT2D eigenvalue weighted by atomic mass is 32.1. The summed E-state index contributed by atoms with van der Waals surface area (Å²) < 4.78 is 5.58. The van der Waals surface area contributed by atoms with E-state index < -0.39 is 0 Å². The Bertz CT molecular complexity index is 764. The molecule has 2 N–H and O–H groups in total. The number of rotatable bonds is 5. The van der Waals surface area contributed by atoms with E-state index in [9.17, 15) is 0 Å². The largest absolute Gasteiger partial charge is 0.494 e. The lowest BCUT2D eigenvalue weighted by Crippen LogP contribution is -2.45. The van der Waals surface area contributed by atoms with Crippen molar-refractivity contribution < 1.29 is 4.74 Å². The molecule has 26 heavy (non-hydrogen) atoms. The van der Waals surface area contributed by atoms with Crippen LogP contribution in [0.15, 0.2) is 42.5 Å². The maximum atomic E-state index is 5.67. The summed E-state index contributed by atoms with van der Waals surface area (Å²) in [6, 6.07) is 14.8. The van der Waals surface area contributed by atoms with Crippen LogP contribution in [0.1, 0.15) is 49.3 Å². The lowest BCUT2D eigenvalue weighted by molar-refractivity contribution is 0.339. The minimum Gasteiger partial charge on any atom is -0.494 e. The van der Waals surface area contributed by atoms with E-state index >= 15 is 0 Å². The predicted molar refractivity (Wildman–Crippen MR) is 113 cm³/mol. The molecule has 0 aliphatic heterocycles. The number of hydrogen-bond donors (Lipinski definition) is 2. The highest BCUT2D eigenvalue weighted by molar-refractivity contribution is 7.80. The first-order valence-electron chi connectivity index (χ1n) is 9.42. The number of aryl methyl sites for hydroxylation is 2. The van der Waals surface area contributed by atoms with Gasteiger partial charge in [-0.15, -0.1) is 0 Å². The molecule has 1 saturated carbocycles. The molecule has 0 bridgehead atoms. The first kappa shape index (κ1) is 18.7. The zero-order valence-corrected chi connectivity index (χ0v) is 16.7. The van der Waals surface area contributed by atoms with Crippen LogP contribution in [-0.4, -0.2) is 11.7 Å². The van der Waals surface area contributed by atoms with Crippen molar-refractivity contribution in [1.82, 2.24) is 5.32 Å². The Morgan fingerprint density at radius 1 is 1.08 bits per heavy atom. The summed E-state index contributed by atoms with van der Waals surface area (Å²) in [5.74, 6) is 0.917. The molecule has 4 heteroatoms. The molecule has 1 fully saturated rings. The fourth-order valence-electron chi connectivity index (χ4n) is 3.74. The maximum Gasteiger partial charge on any atom is 0.171 e. The molecule has 0 amide bonds. The van der Waals surface area contributed by atoms with Crippen molar-refractivity contribution in [2.75, 3.05) is 11.9 Å². The van der Waals surface area contributed by atoms with Crippen LogP contribution < -0.4 is 15.4 Å². The van der Waals surface area contributed by atoms with E-state index in [0.29, 0.717) is 11.7 Å². The molecule has 2 aromatic rings.